The second kappa shape index (κ2) is 8.51. The molecule has 2 atom stereocenters. The zero-order valence-electron chi connectivity index (χ0n) is 18.3. The summed E-state index contributed by atoms with van der Waals surface area (Å²) in [5, 5.41) is 7.13. The van der Waals surface area contributed by atoms with Crippen LogP contribution >= 0.6 is 15.9 Å². The van der Waals surface area contributed by atoms with E-state index in [1.54, 1.807) is 7.11 Å². The van der Waals surface area contributed by atoms with Crippen molar-refractivity contribution in [3.63, 3.8) is 0 Å². The van der Waals surface area contributed by atoms with Gasteiger partial charge in [-0.15, -0.1) is 0 Å². The summed E-state index contributed by atoms with van der Waals surface area (Å²) in [7, 11) is 1.67. The molecule has 5 rings (SSSR count). The monoisotopic (exact) mass is 492 g/mol. The smallest absolute Gasteiger partial charge is 0.213 e. The number of rotatable bonds is 5. The molecule has 2 heterocycles. The summed E-state index contributed by atoms with van der Waals surface area (Å²) in [5.41, 5.74) is 4.32. The topological polar surface area (TPSA) is 43.3 Å². The molecule has 3 aromatic rings. The summed E-state index contributed by atoms with van der Waals surface area (Å²) < 4.78 is 18.6. The van der Waals surface area contributed by atoms with E-state index in [0.717, 1.165) is 50.5 Å². The van der Waals surface area contributed by atoms with Crippen LogP contribution in [0.2, 0.25) is 0 Å². The van der Waals surface area contributed by atoms with E-state index in [1.807, 2.05) is 62.4 Å². The van der Waals surface area contributed by atoms with Gasteiger partial charge in [0.05, 0.1) is 25.0 Å². The maximum Gasteiger partial charge on any atom is 0.213 e. The molecule has 0 saturated heterocycles. The van der Waals surface area contributed by atoms with Crippen LogP contribution in [-0.4, -0.2) is 23.9 Å². The van der Waals surface area contributed by atoms with Gasteiger partial charge in [-0.2, -0.15) is 5.10 Å². The molecule has 0 bridgehead atoms. The molecule has 2 aliphatic rings. The Morgan fingerprint density at radius 1 is 1.00 bits per heavy atom. The van der Waals surface area contributed by atoms with E-state index in [-0.39, 0.29) is 18.4 Å². The van der Waals surface area contributed by atoms with Gasteiger partial charge in [0.15, 0.2) is 0 Å². The summed E-state index contributed by atoms with van der Waals surface area (Å²) in [4.78, 5) is 0. The second-order valence-corrected chi connectivity index (χ2v) is 9.18. The van der Waals surface area contributed by atoms with Crippen molar-refractivity contribution in [3.05, 3.63) is 87.9 Å². The van der Waals surface area contributed by atoms with Crippen molar-refractivity contribution >= 4 is 21.6 Å². The first-order chi connectivity index (χ1) is 15.5. The molecular weight excluding hydrogens is 468 g/mol. The Morgan fingerprint density at radius 3 is 2.41 bits per heavy atom. The highest BCUT2D eigenvalue weighted by Gasteiger charge is 2.41. The zero-order valence-corrected chi connectivity index (χ0v) is 19.9. The fourth-order valence-corrected chi connectivity index (χ4v) is 4.60. The first-order valence-corrected chi connectivity index (χ1v) is 11.5. The minimum Gasteiger partial charge on any atom is -0.497 e. The van der Waals surface area contributed by atoms with E-state index in [2.05, 4.69) is 39.1 Å². The third-order valence-electron chi connectivity index (χ3n) is 5.71. The lowest BCUT2D eigenvalue weighted by atomic mass is 9.96. The quantitative estimate of drug-likeness (QED) is 0.408. The predicted octanol–water partition coefficient (Wildman–Crippen LogP) is 6.49. The van der Waals surface area contributed by atoms with E-state index in [4.69, 9.17) is 19.3 Å². The van der Waals surface area contributed by atoms with Crippen molar-refractivity contribution in [2.45, 2.75) is 38.6 Å². The number of ether oxygens (including phenoxy) is 3. The molecule has 0 aromatic heterocycles. The number of hydrogen-bond acceptors (Lipinski definition) is 5. The number of hydrazone groups is 1. The number of halogens is 1. The lowest BCUT2D eigenvalue weighted by molar-refractivity contribution is -0.0191. The maximum absolute atomic E-state index is 6.44. The number of nitrogens with zero attached hydrogens (tertiary/aromatic N) is 2. The van der Waals surface area contributed by atoms with Crippen molar-refractivity contribution in [1.29, 1.82) is 0 Å². The van der Waals surface area contributed by atoms with Crippen LogP contribution in [0.5, 0.6) is 17.2 Å². The minimum atomic E-state index is -0.305. The summed E-state index contributed by atoms with van der Waals surface area (Å²) in [6.45, 7) is 4.06. The van der Waals surface area contributed by atoms with E-state index >= 15 is 0 Å². The summed E-state index contributed by atoms with van der Waals surface area (Å²) in [5.74, 6) is 2.58. The van der Waals surface area contributed by atoms with Gasteiger partial charge >= 0.3 is 0 Å². The first-order valence-electron chi connectivity index (χ1n) is 10.7. The zero-order chi connectivity index (χ0) is 22.2. The van der Waals surface area contributed by atoms with Crippen molar-refractivity contribution in [2.75, 3.05) is 7.11 Å². The van der Waals surface area contributed by atoms with Crippen LogP contribution in [0.4, 0.5) is 0 Å². The van der Waals surface area contributed by atoms with Crippen LogP contribution in [-0.2, 0) is 0 Å². The molecule has 0 unspecified atom stereocenters. The molecule has 3 aromatic carbocycles. The van der Waals surface area contributed by atoms with Crippen LogP contribution in [0.3, 0.4) is 0 Å². The van der Waals surface area contributed by atoms with Gasteiger partial charge in [-0.1, -0.05) is 15.9 Å². The Labute approximate surface area is 196 Å². The van der Waals surface area contributed by atoms with Crippen LogP contribution < -0.4 is 14.2 Å². The molecule has 0 aliphatic carbocycles. The van der Waals surface area contributed by atoms with Crippen LogP contribution in [0.25, 0.3) is 0 Å². The van der Waals surface area contributed by atoms with Gasteiger partial charge in [-0.3, -0.25) is 0 Å². The Kier molecular flexibility index (Phi) is 5.55. The molecule has 0 saturated carbocycles. The molecule has 164 valence electrons. The molecule has 5 nitrogen and oxygen atoms in total. The molecule has 0 spiro atoms. The summed E-state index contributed by atoms with van der Waals surface area (Å²) >= 11 is 3.61. The third kappa shape index (κ3) is 3.95. The Bertz CT molecular complexity index is 1140. The van der Waals surface area contributed by atoms with E-state index in [9.17, 15) is 0 Å². The van der Waals surface area contributed by atoms with Gasteiger partial charge in [0, 0.05) is 22.0 Å². The Balaban J connectivity index is 1.51. The van der Waals surface area contributed by atoms with Gasteiger partial charge in [-0.25, -0.2) is 5.01 Å². The summed E-state index contributed by atoms with van der Waals surface area (Å²) in [6.07, 6.45) is 0.653. The van der Waals surface area contributed by atoms with E-state index in [1.165, 1.54) is 0 Å². The highest BCUT2D eigenvalue weighted by molar-refractivity contribution is 9.10. The lowest BCUT2D eigenvalue weighted by Crippen LogP contribution is -2.33. The molecule has 2 aliphatic heterocycles. The van der Waals surface area contributed by atoms with Gasteiger partial charge in [0.1, 0.15) is 17.2 Å². The fourth-order valence-electron chi connectivity index (χ4n) is 4.22. The highest BCUT2D eigenvalue weighted by atomic mass is 79.9. The second-order valence-electron chi connectivity index (χ2n) is 8.26. The third-order valence-corrected chi connectivity index (χ3v) is 6.21. The minimum absolute atomic E-state index is 0.102. The molecule has 32 heavy (non-hydrogen) atoms. The standard InChI is InChI=1S/C26H25BrN2O3/c1-16(2)31-21-11-4-17(5-12-21)23-15-24-22-14-19(27)8-13-25(22)32-26(29(24)28-23)18-6-9-20(30-3)10-7-18/h4-14,16,24,26H,15H2,1-3H3/t24-,26+/m1/s1. The predicted molar refractivity (Wildman–Crippen MR) is 128 cm³/mol. The molecule has 0 N–H and O–H groups in total. The molecule has 0 fully saturated rings. The largest absolute Gasteiger partial charge is 0.497 e. The van der Waals surface area contributed by atoms with Crippen LogP contribution in [0.15, 0.2) is 76.3 Å². The lowest BCUT2D eigenvalue weighted by Gasteiger charge is -2.38. The van der Waals surface area contributed by atoms with Crippen molar-refractivity contribution in [2.24, 2.45) is 5.10 Å². The summed E-state index contributed by atoms with van der Waals surface area (Å²) in [6, 6.07) is 22.5. The SMILES string of the molecule is COc1ccc([C@@H]2Oc3ccc(Br)cc3[C@H]3CC(c4ccc(OC(C)C)cc4)=NN32)cc1. The average molecular weight is 493 g/mol. The van der Waals surface area contributed by atoms with Gasteiger partial charge in [-0.05, 0) is 86.1 Å². The maximum atomic E-state index is 6.44. The van der Waals surface area contributed by atoms with Gasteiger partial charge < -0.3 is 14.2 Å². The Morgan fingerprint density at radius 2 is 1.72 bits per heavy atom. The Hall–Kier alpha value is -2.99. The molecule has 0 radical (unpaired) electrons. The van der Waals surface area contributed by atoms with Crippen molar-refractivity contribution < 1.29 is 14.2 Å². The number of methoxy groups -OCH3 is 1. The number of fused-ring (bicyclic) bond motifs is 3. The average Bonchev–Trinajstić information content (AvgIpc) is 3.25. The molecule has 0 amide bonds. The number of benzene rings is 3. The van der Waals surface area contributed by atoms with Crippen molar-refractivity contribution in [3.8, 4) is 17.2 Å². The first kappa shape index (κ1) is 20.9. The highest BCUT2D eigenvalue weighted by Crippen LogP contribution is 2.48. The molecular formula is C26H25BrN2O3. The van der Waals surface area contributed by atoms with Gasteiger partial charge in [0.2, 0.25) is 6.23 Å². The van der Waals surface area contributed by atoms with Crippen LogP contribution in [0, 0.1) is 0 Å². The molecule has 6 heteroatoms. The van der Waals surface area contributed by atoms with E-state index < -0.39 is 0 Å². The number of hydrogen-bond donors (Lipinski definition) is 0. The van der Waals surface area contributed by atoms with Crippen LogP contribution in [0.1, 0.15) is 49.2 Å². The van der Waals surface area contributed by atoms with E-state index in [0.29, 0.717) is 0 Å². The fraction of sp³-hybridized carbons (Fsp3) is 0.269. The normalized spacial score (nSPS) is 19.2. The van der Waals surface area contributed by atoms with Crippen molar-refractivity contribution in [1.82, 2.24) is 5.01 Å². The van der Waals surface area contributed by atoms with Gasteiger partial charge in [0.25, 0.3) is 0 Å².